The number of carbonyl (C=O) groups excluding carboxylic acids is 3. The summed E-state index contributed by atoms with van der Waals surface area (Å²) in [4.78, 5) is 33.1. The van der Waals surface area contributed by atoms with E-state index in [-0.39, 0.29) is 18.8 Å². The van der Waals surface area contributed by atoms with E-state index in [1.807, 2.05) is 13.8 Å². The van der Waals surface area contributed by atoms with Crippen LogP contribution < -0.4 is 5.32 Å². The lowest BCUT2D eigenvalue weighted by molar-refractivity contribution is -0.143. The number of carbonyl (C=O) groups is 3. The maximum absolute atomic E-state index is 11.4. The van der Waals surface area contributed by atoms with Crippen LogP contribution in [0.1, 0.15) is 27.2 Å². The topological polar surface area (TPSA) is 81.7 Å². The first-order valence-electron chi connectivity index (χ1n) is 6.13. The van der Waals surface area contributed by atoms with Gasteiger partial charge < -0.3 is 19.6 Å². The Bertz CT molecular complexity index is 273. The second-order valence-electron chi connectivity index (χ2n) is 4.15. The van der Waals surface area contributed by atoms with Gasteiger partial charge in [0.15, 0.2) is 11.7 Å². The summed E-state index contributed by atoms with van der Waals surface area (Å²) in [7, 11) is 4.74. The molecule has 0 bridgehead atoms. The van der Waals surface area contributed by atoms with Gasteiger partial charge >= 0.3 is 0 Å². The molecule has 0 saturated carbocycles. The highest BCUT2D eigenvalue weighted by Crippen LogP contribution is 2.19. The highest BCUT2D eigenvalue weighted by Gasteiger charge is 2.41. The van der Waals surface area contributed by atoms with E-state index < -0.39 is 17.4 Å². The van der Waals surface area contributed by atoms with E-state index >= 15 is 0 Å². The first kappa shape index (κ1) is 20.1. The zero-order valence-electron chi connectivity index (χ0n) is 12.6. The molecule has 19 heavy (non-hydrogen) atoms. The first-order valence-corrected chi connectivity index (χ1v) is 6.13. The second kappa shape index (κ2) is 10.6. The normalized spacial score (nSPS) is 25.3. The summed E-state index contributed by atoms with van der Waals surface area (Å²) in [5, 5.41) is 2.61. The Morgan fingerprint density at radius 2 is 1.79 bits per heavy atom. The first-order chi connectivity index (χ1) is 8.94. The lowest BCUT2D eigenvalue weighted by atomic mass is 9.85. The Morgan fingerprint density at radius 1 is 1.32 bits per heavy atom. The Morgan fingerprint density at radius 3 is 2.11 bits per heavy atom. The van der Waals surface area contributed by atoms with Gasteiger partial charge in [-0.05, 0) is 6.92 Å². The van der Waals surface area contributed by atoms with Crippen molar-refractivity contribution in [3.05, 3.63) is 0 Å². The van der Waals surface area contributed by atoms with Crippen molar-refractivity contribution in [2.45, 2.75) is 32.7 Å². The molecule has 1 aliphatic rings. The Kier molecular flexibility index (Phi) is 11.2. The van der Waals surface area contributed by atoms with Crippen molar-refractivity contribution >= 4 is 18.0 Å². The van der Waals surface area contributed by atoms with E-state index in [2.05, 4.69) is 10.1 Å². The van der Waals surface area contributed by atoms with Gasteiger partial charge in [-0.2, -0.15) is 0 Å². The van der Waals surface area contributed by atoms with Gasteiger partial charge in [-0.1, -0.05) is 13.8 Å². The molecule has 0 radical (unpaired) electrons. The van der Waals surface area contributed by atoms with E-state index in [0.717, 1.165) is 0 Å². The number of hydrogen-bond acceptors (Lipinski definition) is 5. The van der Waals surface area contributed by atoms with Crippen LogP contribution in [0.4, 0.5) is 0 Å². The van der Waals surface area contributed by atoms with Gasteiger partial charge in [-0.15, -0.1) is 0 Å². The van der Waals surface area contributed by atoms with Crippen LogP contribution in [0, 0.1) is 5.92 Å². The number of Topliss-reactive ketones (excluding diaryl/α,β-unsaturated/α-hetero) is 1. The van der Waals surface area contributed by atoms with Gasteiger partial charge in [0.05, 0.1) is 12.1 Å². The van der Waals surface area contributed by atoms with Crippen LogP contribution >= 0.6 is 0 Å². The van der Waals surface area contributed by atoms with Gasteiger partial charge in [0.2, 0.25) is 5.91 Å². The van der Waals surface area contributed by atoms with Crippen LogP contribution in [0.25, 0.3) is 0 Å². The molecule has 0 aliphatic carbocycles. The fourth-order valence-corrected chi connectivity index (χ4v) is 1.60. The van der Waals surface area contributed by atoms with Crippen LogP contribution in [0.3, 0.4) is 0 Å². The van der Waals surface area contributed by atoms with E-state index in [9.17, 15) is 14.4 Å². The minimum absolute atomic E-state index is 0.135. The molecule has 0 aromatic rings. The van der Waals surface area contributed by atoms with E-state index in [0.29, 0.717) is 6.29 Å². The smallest absolute Gasteiger partial charge is 0.238 e. The Hall–Kier alpha value is -1.27. The van der Waals surface area contributed by atoms with Crippen LogP contribution in [0.15, 0.2) is 0 Å². The van der Waals surface area contributed by atoms with E-state index in [1.165, 1.54) is 7.11 Å². The second-order valence-corrected chi connectivity index (χ2v) is 4.15. The fraction of sp³-hybridized carbons (Fsp3) is 0.769. The highest BCUT2D eigenvalue weighted by molar-refractivity contribution is 6.14. The molecule has 0 spiro atoms. The number of aldehydes is 1. The number of ketones is 1. The molecule has 2 unspecified atom stereocenters. The quantitative estimate of drug-likeness (QED) is 0.602. The molecule has 6 nitrogen and oxygen atoms in total. The summed E-state index contributed by atoms with van der Waals surface area (Å²) in [6, 6.07) is 0. The summed E-state index contributed by atoms with van der Waals surface area (Å²) in [6.45, 7) is 5.98. The zero-order valence-corrected chi connectivity index (χ0v) is 12.6. The third-order valence-electron chi connectivity index (χ3n) is 2.22. The maximum atomic E-state index is 11.4. The molecular formula is C13H25NO5. The number of rotatable bonds is 3. The average molecular weight is 275 g/mol. The average Bonchev–Trinajstić information content (AvgIpc) is 2.31. The summed E-state index contributed by atoms with van der Waals surface area (Å²) in [5.41, 5.74) is -0.678. The molecule has 1 fully saturated rings. The van der Waals surface area contributed by atoms with Crippen molar-refractivity contribution in [1.29, 1.82) is 0 Å². The molecular weight excluding hydrogens is 250 g/mol. The lowest BCUT2D eigenvalue weighted by Crippen LogP contribution is -2.59. The summed E-state index contributed by atoms with van der Waals surface area (Å²) >= 11 is 0. The number of nitrogens with one attached hydrogen (secondary N) is 1. The predicted molar refractivity (Wildman–Crippen MR) is 71.9 cm³/mol. The minimum Gasteiger partial charge on any atom is -0.388 e. The molecule has 1 N–H and O–H groups in total. The Labute approximate surface area is 114 Å². The van der Waals surface area contributed by atoms with Gasteiger partial charge in [-0.3, -0.25) is 9.59 Å². The SMILES string of the molecule is CC.COC.COCC1(C)CC(=O)C(C=O)C(=O)N1. The Balaban J connectivity index is 0. The molecule has 1 aliphatic heterocycles. The van der Waals surface area contributed by atoms with Crippen LogP contribution in [-0.2, 0) is 23.9 Å². The number of ether oxygens (including phenoxy) is 2. The van der Waals surface area contributed by atoms with Gasteiger partial charge in [0.1, 0.15) is 6.29 Å². The van der Waals surface area contributed by atoms with Crippen molar-refractivity contribution in [1.82, 2.24) is 5.32 Å². The van der Waals surface area contributed by atoms with E-state index in [1.54, 1.807) is 21.1 Å². The van der Waals surface area contributed by atoms with Gasteiger partial charge in [0, 0.05) is 27.8 Å². The molecule has 0 aromatic carbocycles. The number of methoxy groups -OCH3 is 2. The highest BCUT2D eigenvalue weighted by atomic mass is 16.5. The fourth-order valence-electron chi connectivity index (χ4n) is 1.60. The van der Waals surface area contributed by atoms with Crippen LogP contribution in [-0.4, -0.2) is 51.5 Å². The standard InChI is InChI=1S/C9H13NO4.C2H6O.C2H6/c1-9(5-14-2)3-7(12)6(4-11)8(13)10-9;1-3-2;1-2/h4,6H,3,5H2,1-2H3,(H,10,13);1-2H3;1-2H3. The summed E-state index contributed by atoms with van der Waals surface area (Å²) in [6.07, 6.45) is 0.514. The van der Waals surface area contributed by atoms with Crippen LogP contribution in [0.2, 0.25) is 0 Å². The van der Waals surface area contributed by atoms with Gasteiger partial charge in [0.25, 0.3) is 0 Å². The molecule has 1 rings (SSSR count). The molecule has 1 saturated heterocycles. The lowest BCUT2D eigenvalue weighted by Gasteiger charge is -2.34. The largest absolute Gasteiger partial charge is 0.388 e. The van der Waals surface area contributed by atoms with E-state index in [4.69, 9.17) is 4.74 Å². The maximum Gasteiger partial charge on any atom is 0.238 e. The van der Waals surface area contributed by atoms with Crippen molar-refractivity contribution in [2.24, 2.45) is 5.92 Å². The molecule has 0 aromatic heterocycles. The minimum atomic E-state index is -1.14. The summed E-state index contributed by atoms with van der Waals surface area (Å²) in [5.74, 6) is -2.01. The third-order valence-corrected chi connectivity index (χ3v) is 2.22. The van der Waals surface area contributed by atoms with Crippen molar-refractivity contribution in [3.8, 4) is 0 Å². The number of amides is 1. The predicted octanol–water partition coefficient (Wildman–Crippen LogP) is 0.584. The monoisotopic (exact) mass is 275 g/mol. The molecule has 6 heteroatoms. The molecule has 112 valence electrons. The molecule has 1 heterocycles. The van der Waals surface area contributed by atoms with Crippen molar-refractivity contribution < 1.29 is 23.9 Å². The number of piperidine rings is 1. The van der Waals surface area contributed by atoms with Gasteiger partial charge in [-0.25, -0.2) is 0 Å². The number of hydrogen-bond donors (Lipinski definition) is 1. The van der Waals surface area contributed by atoms with Crippen molar-refractivity contribution in [3.63, 3.8) is 0 Å². The van der Waals surface area contributed by atoms with Crippen LogP contribution in [0.5, 0.6) is 0 Å². The van der Waals surface area contributed by atoms with Crippen molar-refractivity contribution in [2.75, 3.05) is 27.9 Å². The molecule has 1 amide bonds. The third kappa shape index (κ3) is 7.03. The summed E-state index contributed by atoms with van der Waals surface area (Å²) < 4.78 is 9.14. The molecule has 2 atom stereocenters. The zero-order chi connectivity index (χ0) is 15.5.